The first-order valence-electron chi connectivity index (χ1n) is 6.49. The van der Waals surface area contributed by atoms with Gasteiger partial charge in [-0.15, -0.1) is 0 Å². The Morgan fingerprint density at radius 3 is 3.00 bits per heavy atom. The van der Waals surface area contributed by atoms with Crippen molar-refractivity contribution in [3.8, 4) is 0 Å². The lowest BCUT2D eigenvalue weighted by molar-refractivity contribution is -0.118. The lowest BCUT2D eigenvalue weighted by Gasteiger charge is -2.29. The molecule has 1 aliphatic rings. The number of rotatable bonds is 5. The molecule has 0 fully saturated rings. The van der Waals surface area contributed by atoms with E-state index in [0.717, 1.165) is 42.3 Å². The van der Waals surface area contributed by atoms with Gasteiger partial charge in [0.1, 0.15) is 0 Å². The first kappa shape index (κ1) is 13.3. The third-order valence-electron chi connectivity index (χ3n) is 3.18. The Balaban J connectivity index is 2.08. The smallest absolute Gasteiger partial charge is 0.227 e. The van der Waals surface area contributed by atoms with Crippen molar-refractivity contribution in [3.05, 3.63) is 23.8 Å². The van der Waals surface area contributed by atoms with Crippen LogP contribution in [0.2, 0.25) is 0 Å². The Hall–Kier alpha value is -1.16. The van der Waals surface area contributed by atoms with E-state index in [2.05, 4.69) is 6.92 Å². The van der Waals surface area contributed by atoms with Crippen LogP contribution in [-0.2, 0) is 11.2 Å². The van der Waals surface area contributed by atoms with Gasteiger partial charge in [-0.1, -0.05) is 6.92 Å². The van der Waals surface area contributed by atoms with E-state index in [9.17, 15) is 4.79 Å². The molecule has 0 spiro atoms. The number of nitrogens with zero attached hydrogens (tertiary/aromatic N) is 1. The zero-order valence-corrected chi connectivity index (χ0v) is 11.6. The summed E-state index contributed by atoms with van der Waals surface area (Å²) in [4.78, 5) is 13.9. The highest BCUT2D eigenvalue weighted by Crippen LogP contribution is 2.29. The molecule has 0 atom stereocenters. The number of hydrogen-bond acceptors (Lipinski definition) is 3. The SMILES string of the molecule is CCSCCCN1C(=O)CCc2cc(N)ccc21. The molecule has 2 rings (SSSR count). The standard InChI is InChI=1S/C14H20N2OS/c1-2-18-9-3-8-16-13-6-5-12(15)10-11(13)4-7-14(16)17/h5-6,10H,2-4,7-9,15H2,1H3. The lowest BCUT2D eigenvalue weighted by Crippen LogP contribution is -2.36. The molecule has 0 radical (unpaired) electrons. The Morgan fingerprint density at radius 2 is 2.22 bits per heavy atom. The van der Waals surface area contributed by atoms with Gasteiger partial charge < -0.3 is 10.6 Å². The van der Waals surface area contributed by atoms with Crippen molar-refractivity contribution in [1.82, 2.24) is 0 Å². The van der Waals surface area contributed by atoms with Crippen molar-refractivity contribution in [2.45, 2.75) is 26.2 Å². The van der Waals surface area contributed by atoms with E-state index in [0.29, 0.717) is 6.42 Å². The summed E-state index contributed by atoms with van der Waals surface area (Å²) >= 11 is 1.92. The van der Waals surface area contributed by atoms with Gasteiger partial charge in [0, 0.05) is 24.3 Å². The second-order valence-corrected chi connectivity index (χ2v) is 5.88. The van der Waals surface area contributed by atoms with E-state index in [4.69, 9.17) is 5.73 Å². The zero-order valence-electron chi connectivity index (χ0n) is 10.8. The monoisotopic (exact) mass is 264 g/mol. The number of carbonyl (C=O) groups is 1. The van der Waals surface area contributed by atoms with Gasteiger partial charge in [0.05, 0.1) is 0 Å². The third-order valence-corrected chi connectivity index (χ3v) is 4.16. The Morgan fingerprint density at radius 1 is 1.39 bits per heavy atom. The summed E-state index contributed by atoms with van der Waals surface area (Å²) in [6.45, 7) is 2.98. The minimum atomic E-state index is 0.244. The molecule has 4 heteroatoms. The molecule has 0 aromatic heterocycles. The molecule has 98 valence electrons. The highest BCUT2D eigenvalue weighted by atomic mass is 32.2. The van der Waals surface area contributed by atoms with Gasteiger partial charge in [-0.05, 0) is 48.1 Å². The number of nitrogen functional groups attached to an aromatic ring is 1. The third kappa shape index (κ3) is 2.99. The zero-order chi connectivity index (χ0) is 13.0. The lowest BCUT2D eigenvalue weighted by atomic mass is 10.0. The fourth-order valence-corrected chi connectivity index (χ4v) is 2.92. The van der Waals surface area contributed by atoms with Crippen LogP contribution in [0.25, 0.3) is 0 Å². The van der Waals surface area contributed by atoms with Crippen LogP contribution in [0, 0.1) is 0 Å². The highest BCUT2D eigenvalue weighted by molar-refractivity contribution is 7.99. The maximum atomic E-state index is 12.0. The number of aryl methyl sites for hydroxylation is 1. The fourth-order valence-electron chi connectivity index (χ4n) is 2.29. The van der Waals surface area contributed by atoms with E-state index < -0.39 is 0 Å². The molecule has 2 N–H and O–H groups in total. The van der Waals surface area contributed by atoms with Crippen LogP contribution in [0.1, 0.15) is 25.3 Å². The predicted octanol–water partition coefficient (Wildman–Crippen LogP) is 2.69. The normalized spacial score (nSPS) is 14.7. The van der Waals surface area contributed by atoms with Crippen LogP contribution in [0.3, 0.4) is 0 Å². The second kappa shape index (κ2) is 6.14. The number of anilines is 2. The quantitative estimate of drug-likeness (QED) is 0.657. The number of hydrogen-bond donors (Lipinski definition) is 1. The molecular weight excluding hydrogens is 244 g/mol. The van der Waals surface area contributed by atoms with Crippen LogP contribution >= 0.6 is 11.8 Å². The summed E-state index contributed by atoms with van der Waals surface area (Å²) in [6.07, 6.45) is 2.48. The molecular formula is C14H20N2OS. The van der Waals surface area contributed by atoms with Gasteiger partial charge in [-0.2, -0.15) is 11.8 Å². The number of fused-ring (bicyclic) bond motifs is 1. The molecule has 1 heterocycles. The summed E-state index contributed by atoms with van der Waals surface area (Å²) < 4.78 is 0. The van der Waals surface area contributed by atoms with Gasteiger partial charge in [0.2, 0.25) is 5.91 Å². The Kier molecular flexibility index (Phi) is 4.53. The molecule has 1 aromatic carbocycles. The molecule has 1 aromatic rings. The molecule has 0 saturated carbocycles. The van der Waals surface area contributed by atoms with E-state index in [1.54, 1.807) is 0 Å². The maximum Gasteiger partial charge on any atom is 0.227 e. The number of amides is 1. The Bertz CT molecular complexity index is 434. The number of thioether (sulfide) groups is 1. The van der Waals surface area contributed by atoms with Gasteiger partial charge in [0.25, 0.3) is 0 Å². The van der Waals surface area contributed by atoms with E-state index >= 15 is 0 Å². The van der Waals surface area contributed by atoms with Gasteiger partial charge in [-0.3, -0.25) is 4.79 Å². The van der Waals surface area contributed by atoms with E-state index in [1.807, 2.05) is 34.9 Å². The van der Waals surface area contributed by atoms with Gasteiger partial charge >= 0.3 is 0 Å². The summed E-state index contributed by atoms with van der Waals surface area (Å²) in [6, 6.07) is 5.86. The van der Waals surface area contributed by atoms with E-state index in [1.165, 1.54) is 5.56 Å². The summed E-state index contributed by atoms with van der Waals surface area (Å²) in [5.41, 5.74) is 8.84. The number of benzene rings is 1. The summed E-state index contributed by atoms with van der Waals surface area (Å²) in [5.74, 6) is 2.50. The highest BCUT2D eigenvalue weighted by Gasteiger charge is 2.23. The largest absolute Gasteiger partial charge is 0.399 e. The Labute approximate surface area is 113 Å². The molecule has 0 aliphatic carbocycles. The first-order valence-corrected chi connectivity index (χ1v) is 7.64. The van der Waals surface area contributed by atoms with E-state index in [-0.39, 0.29) is 5.91 Å². The topological polar surface area (TPSA) is 46.3 Å². The average Bonchev–Trinajstić information content (AvgIpc) is 2.37. The van der Waals surface area contributed by atoms with Gasteiger partial charge in [-0.25, -0.2) is 0 Å². The van der Waals surface area contributed by atoms with Crippen molar-refractivity contribution < 1.29 is 4.79 Å². The molecule has 18 heavy (non-hydrogen) atoms. The first-order chi connectivity index (χ1) is 8.72. The molecule has 0 saturated heterocycles. The van der Waals surface area contributed by atoms with Crippen LogP contribution < -0.4 is 10.6 Å². The number of nitrogens with two attached hydrogens (primary N) is 1. The van der Waals surface area contributed by atoms with Crippen LogP contribution in [0.4, 0.5) is 11.4 Å². The number of carbonyl (C=O) groups excluding carboxylic acids is 1. The molecule has 0 bridgehead atoms. The summed E-state index contributed by atoms with van der Waals surface area (Å²) in [5, 5.41) is 0. The van der Waals surface area contributed by atoms with Gasteiger partial charge in [0.15, 0.2) is 0 Å². The van der Waals surface area contributed by atoms with Crippen molar-refractivity contribution in [1.29, 1.82) is 0 Å². The molecule has 0 unspecified atom stereocenters. The average molecular weight is 264 g/mol. The second-order valence-electron chi connectivity index (χ2n) is 4.48. The minimum Gasteiger partial charge on any atom is -0.399 e. The van der Waals surface area contributed by atoms with Crippen molar-refractivity contribution in [2.24, 2.45) is 0 Å². The minimum absolute atomic E-state index is 0.244. The molecule has 1 aliphatic heterocycles. The maximum absolute atomic E-state index is 12.0. The fraction of sp³-hybridized carbons (Fsp3) is 0.500. The van der Waals surface area contributed by atoms with Crippen LogP contribution in [0.5, 0.6) is 0 Å². The predicted molar refractivity (Wildman–Crippen MR) is 79.1 cm³/mol. The van der Waals surface area contributed by atoms with Crippen molar-refractivity contribution in [2.75, 3.05) is 28.7 Å². The van der Waals surface area contributed by atoms with Crippen LogP contribution in [-0.4, -0.2) is 24.0 Å². The van der Waals surface area contributed by atoms with Crippen molar-refractivity contribution in [3.63, 3.8) is 0 Å². The summed E-state index contributed by atoms with van der Waals surface area (Å²) in [7, 11) is 0. The molecule has 1 amide bonds. The van der Waals surface area contributed by atoms with Crippen LogP contribution in [0.15, 0.2) is 18.2 Å². The van der Waals surface area contributed by atoms with Crippen molar-refractivity contribution >= 4 is 29.0 Å². The molecule has 3 nitrogen and oxygen atoms in total.